The van der Waals surface area contributed by atoms with Crippen molar-refractivity contribution in [3.63, 3.8) is 0 Å². The Morgan fingerprint density at radius 2 is 1.84 bits per heavy atom. The molecule has 2 aromatic rings. The highest BCUT2D eigenvalue weighted by Crippen LogP contribution is 2.15. The fourth-order valence-electron chi connectivity index (χ4n) is 1.82. The van der Waals surface area contributed by atoms with Gasteiger partial charge in [-0.25, -0.2) is 14.5 Å². The van der Waals surface area contributed by atoms with E-state index in [1.54, 1.807) is 11.8 Å². The van der Waals surface area contributed by atoms with Crippen LogP contribution in [-0.4, -0.2) is 15.7 Å². The lowest BCUT2D eigenvalue weighted by Crippen LogP contribution is -3.00. The fourth-order valence-corrected chi connectivity index (χ4v) is 2.73. The lowest BCUT2D eigenvalue weighted by atomic mass is 10.3. The lowest BCUT2D eigenvalue weighted by molar-refractivity contribution is -0.679. The molecule has 5 heteroatoms. The standard InChI is InChI=1S/C14H18N3S.HI/c1-11-10-12(2)16-14(15-11)18-9-7-13-6-4-5-8-17(13)3;/h4-6,8,10H,7,9H2,1-3H3;1H/q+1;/p-1. The van der Waals surface area contributed by atoms with Crippen molar-refractivity contribution in [3.05, 3.63) is 47.5 Å². The number of hydrogen-bond acceptors (Lipinski definition) is 3. The van der Waals surface area contributed by atoms with Crippen LogP contribution in [-0.2, 0) is 13.5 Å². The van der Waals surface area contributed by atoms with Crippen LogP contribution < -0.4 is 28.5 Å². The minimum absolute atomic E-state index is 0. The molecule has 0 spiro atoms. The molecule has 0 saturated heterocycles. The van der Waals surface area contributed by atoms with E-state index in [4.69, 9.17) is 0 Å². The summed E-state index contributed by atoms with van der Waals surface area (Å²) in [5, 5.41) is 0.881. The van der Waals surface area contributed by atoms with E-state index in [1.807, 2.05) is 26.0 Å². The molecule has 0 aromatic carbocycles. The van der Waals surface area contributed by atoms with Gasteiger partial charge in [-0.05, 0) is 19.9 Å². The molecular formula is C14H18IN3S. The third kappa shape index (κ3) is 5.06. The summed E-state index contributed by atoms with van der Waals surface area (Å²) in [6, 6.07) is 8.28. The van der Waals surface area contributed by atoms with Crippen LogP contribution in [0, 0.1) is 13.8 Å². The second-order valence-electron chi connectivity index (χ2n) is 4.33. The second kappa shape index (κ2) is 7.79. The Morgan fingerprint density at radius 1 is 1.16 bits per heavy atom. The molecule has 3 nitrogen and oxygen atoms in total. The predicted octanol–water partition coefficient (Wildman–Crippen LogP) is -0.743. The van der Waals surface area contributed by atoms with Crippen LogP contribution in [0.3, 0.4) is 0 Å². The predicted molar refractivity (Wildman–Crippen MR) is 73.6 cm³/mol. The lowest BCUT2D eigenvalue weighted by Gasteiger charge is -2.02. The van der Waals surface area contributed by atoms with E-state index in [-0.39, 0.29) is 24.0 Å². The van der Waals surface area contributed by atoms with Crippen molar-refractivity contribution in [2.75, 3.05) is 5.75 Å². The molecule has 2 aromatic heterocycles. The minimum atomic E-state index is 0. The number of nitrogens with zero attached hydrogens (tertiary/aromatic N) is 3. The van der Waals surface area contributed by atoms with E-state index >= 15 is 0 Å². The first kappa shape index (κ1) is 16.4. The van der Waals surface area contributed by atoms with E-state index in [0.717, 1.165) is 28.7 Å². The Labute approximate surface area is 135 Å². The highest BCUT2D eigenvalue weighted by molar-refractivity contribution is 7.99. The minimum Gasteiger partial charge on any atom is -1.00 e. The largest absolute Gasteiger partial charge is 1.00 e. The summed E-state index contributed by atoms with van der Waals surface area (Å²) in [6.45, 7) is 4.02. The van der Waals surface area contributed by atoms with Crippen molar-refractivity contribution in [1.82, 2.24) is 9.97 Å². The van der Waals surface area contributed by atoms with Crippen molar-refractivity contribution in [3.8, 4) is 0 Å². The number of pyridine rings is 1. The molecular weight excluding hydrogens is 369 g/mol. The summed E-state index contributed by atoms with van der Waals surface area (Å²) in [5.74, 6) is 1.00. The summed E-state index contributed by atoms with van der Waals surface area (Å²) < 4.78 is 2.16. The molecule has 0 unspecified atom stereocenters. The third-order valence-electron chi connectivity index (χ3n) is 2.71. The number of aromatic nitrogens is 3. The molecule has 0 aliphatic heterocycles. The van der Waals surface area contributed by atoms with Gasteiger partial charge < -0.3 is 24.0 Å². The smallest absolute Gasteiger partial charge is 0.187 e. The molecule has 19 heavy (non-hydrogen) atoms. The van der Waals surface area contributed by atoms with Gasteiger partial charge in [0, 0.05) is 35.7 Å². The number of hydrogen-bond donors (Lipinski definition) is 0. The topological polar surface area (TPSA) is 29.7 Å². The molecule has 0 aliphatic rings. The van der Waals surface area contributed by atoms with Crippen LogP contribution >= 0.6 is 11.8 Å². The summed E-state index contributed by atoms with van der Waals surface area (Å²) in [7, 11) is 2.08. The van der Waals surface area contributed by atoms with Crippen LogP contribution in [0.5, 0.6) is 0 Å². The molecule has 0 radical (unpaired) electrons. The molecule has 0 N–H and O–H groups in total. The molecule has 0 bridgehead atoms. The molecule has 0 aliphatic carbocycles. The van der Waals surface area contributed by atoms with Crippen molar-refractivity contribution < 1.29 is 28.5 Å². The summed E-state index contributed by atoms with van der Waals surface area (Å²) in [4.78, 5) is 8.87. The van der Waals surface area contributed by atoms with Crippen molar-refractivity contribution in [1.29, 1.82) is 0 Å². The van der Waals surface area contributed by atoms with Gasteiger partial charge in [0.15, 0.2) is 17.0 Å². The van der Waals surface area contributed by atoms with Gasteiger partial charge in [0.2, 0.25) is 0 Å². The third-order valence-corrected chi connectivity index (χ3v) is 3.56. The maximum atomic E-state index is 4.43. The van der Waals surface area contributed by atoms with E-state index in [1.165, 1.54) is 5.69 Å². The second-order valence-corrected chi connectivity index (χ2v) is 5.40. The van der Waals surface area contributed by atoms with Crippen LogP contribution in [0.15, 0.2) is 35.6 Å². The van der Waals surface area contributed by atoms with Gasteiger partial charge in [-0.1, -0.05) is 17.8 Å². The maximum absolute atomic E-state index is 4.43. The summed E-state index contributed by atoms with van der Waals surface area (Å²) in [5.41, 5.74) is 3.40. The van der Waals surface area contributed by atoms with Crippen LogP contribution in [0.25, 0.3) is 0 Å². The maximum Gasteiger partial charge on any atom is 0.187 e. The number of halogens is 1. The molecule has 0 fully saturated rings. The Morgan fingerprint density at radius 3 is 2.47 bits per heavy atom. The van der Waals surface area contributed by atoms with Gasteiger partial charge in [-0.3, -0.25) is 0 Å². The van der Waals surface area contributed by atoms with Crippen LogP contribution in [0.2, 0.25) is 0 Å². The van der Waals surface area contributed by atoms with Crippen LogP contribution in [0.1, 0.15) is 17.1 Å². The average Bonchev–Trinajstić information content (AvgIpc) is 2.30. The Kier molecular flexibility index (Phi) is 6.71. The normalized spacial score (nSPS) is 10.1. The molecule has 2 rings (SSSR count). The van der Waals surface area contributed by atoms with Crippen molar-refractivity contribution >= 4 is 11.8 Å². The molecule has 2 heterocycles. The van der Waals surface area contributed by atoms with E-state index in [2.05, 4.69) is 39.9 Å². The van der Waals surface area contributed by atoms with Gasteiger partial charge in [-0.2, -0.15) is 0 Å². The molecule has 0 atom stereocenters. The van der Waals surface area contributed by atoms with Crippen molar-refractivity contribution in [2.24, 2.45) is 7.05 Å². The summed E-state index contributed by atoms with van der Waals surface area (Å²) >= 11 is 1.72. The average molecular weight is 387 g/mol. The zero-order valence-corrected chi connectivity index (χ0v) is 14.4. The number of aryl methyl sites for hydroxylation is 4. The van der Waals surface area contributed by atoms with Gasteiger partial charge in [0.25, 0.3) is 0 Å². The highest BCUT2D eigenvalue weighted by Gasteiger charge is 2.06. The van der Waals surface area contributed by atoms with E-state index in [0.29, 0.717) is 0 Å². The van der Waals surface area contributed by atoms with Gasteiger partial charge >= 0.3 is 0 Å². The Hall–Kier alpha value is -0.690. The first-order valence-electron chi connectivity index (χ1n) is 6.04. The highest BCUT2D eigenvalue weighted by atomic mass is 127. The van der Waals surface area contributed by atoms with E-state index in [9.17, 15) is 0 Å². The zero-order chi connectivity index (χ0) is 13.0. The molecule has 0 amide bonds. The Balaban J connectivity index is 0.00000180. The van der Waals surface area contributed by atoms with Gasteiger partial charge in [0.05, 0.1) is 0 Å². The number of thioether (sulfide) groups is 1. The monoisotopic (exact) mass is 387 g/mol. The first-order valence-corrected chi connectivity index (χ1v) is 7.02. The molecule has 102 valence electrons. The van der Waals surface area contributed by atoms with Crippen LogP contribution in [0.4, 0.5) is 0 Å². The van der Waals surface area contributed by atoms with E-state index < -0.39 is 0 Å². The van der Waals surface area contributed by atoms with Crippen molar-refractivity contribution in [2.45, 2.75) is 25.4 Å². The van der Waals surface area contributed by atoms with Gasteiger partial charge in [-0.15, -0.1) is 0 Å². The first-order chi connectivity index (χ1) is 8.65. The number of rotatable bonds is 4. The molecule has 0 saturated carbocycles. The van der Waals surface area contributed by atoms with Gasteiger partial charge in [0.1, 0.15) is 7.05 Å². The Bertz CT molecular complexity index is 526. The summed E-state index contributed by atoms with van der Waals surface area (Å²) in [6.07, 6.45) is 3.10. The fraction of sp³-hybridized carbons (Fsp3) is 0.357. The SMILES string of the molecule is Cc1cc(C)nc(SCCc2cccc[n+]2C)n1.[I-]. The zero-order valence-electron chi connectivity index (χ0n) is 11.4. The quantitative estimate of drug-likeness (QED) is 0.300.